The van der Waals surface area contributed by atoms with Crippen LogP contribution in [0, 0.1) is 11.3 Å². The molecular formula is C20H20N2O3. The fourth-order valence-electron chi connectivity index (χ4n) is 2.36. The number of ether oxygens (including phenoxy) is 1. The van der Waals surface area contributed by atoms with E-state index in [4.69, 9.17) is 10.00 Å². The third kappa shape index (κ3) is 5.18. The topological polar surface area (TPSA) is 79.2 Å². The highest BCUT2D eigenvalue weighted by molar-refractivity contribution is 5.94. The summed E-state index contributed by atoms with van der Waals surface area (Å²) < 4.78 is 5.63. The normalized spacial score (nSPS) is 12.5. The maximum Gasteiger partial charge on any atom is 0.261 e. The number of amides is 1. The zero-order valence-corrected chi connectivity index (χ0v) is 14.2. The molecule has 2 aromatic carbocycles. The molecule has 0 aromatic heterocycles. The van der Waals surface area contributed by atoms with Gasteiger partial charge in [-0.05, 0) is 31.5 Å². The van der Waals surface area contributed by atoms with Crippen LogP contribution in [0.2, 0.25) is 0 Å². The van der Waals surface area contributed by atoms with E-state index in [0.717, 1.165) is 5.56 Å². The van der Waals surface area contributed by atoms with Gasteiger partial charge in [0.25, 0.3) is 5.91 Å². The molecule has 0 saturated carbocycles. The van der Waals surface area contributed by atoms with Crippen molar-refractivity contribution in [1.82, 2.24) is 5.32 Å². The van der Waals surface area contributed by atoms with Crippen LogP contribution in [0.4, 0.5) is 0 Å². The van der Waals surface area contributed by atoms with E-state index >= 15 is 0 Å². The summed E-state index contributed by atoms with van der Waals surface area (Å²) in [6, 6.07) is 17.7. The van der Waals surface area contributed by atoms with Crippen LogP contribution in [-0.4, -0.2) is 17.8 Å². The van der Waals surface area contributed by atoms with Crippen molar-refractivity contribution in [3.8, 4) is 11.8 Å². The van der Waals surface area contributed by atoms with Crippen molar-refractivity contribution in [2.24, 2.45) is 0 Å². The number of carbonyl (C=O) groups is 2. The molecule has 5 heteroatoms. The van der Waals surface area contributed by atoms with Gasteiger partial charge >= 0.3 is 0 Å². The molecule has 2 atom stereocenters. The van der Waals surface area contributed by atoms with Crippen LogP contribution in [0.15, 0.2) is 54.6 Å². The highest BCUT2D eigenvalue weighted by Crippen LogP contribution is 2.18. The van der Waals surface area contributed by atoms with Gasteiger partial charge in [0.15, 0.2) is 11.9 Å². The SMILES string of the molecule is CC(=O)c1cccc(O[C@@H](C)C(=O)N[C@H](CC#N)c2ccccc2)c1. The average molecular weight is 336 g/mol. The lowest BCUT2D eigenvalue weighted by atomic mass is 10.0. The van der Waals surface area contributed by atoms with Gasteiger partial charge in [-0.3, -0.25) is 9.59 Å². The molecule has 0 saturated heterocycles. The van der Waals surface area contributed by atoms with Gasteiger partial charge in [0.1, 0.15) is 5.75 Å². The van der Waals surface area contributed by atoms with Crippen LogP contribution >= 0.6 is 0 Å². The Balaban J connectivity index is 2.05. The van der Waals surface area contributed by atoms with E-state index in [2.05, 4.69) is 11.4 Å². The second kappa shape index (κ2) is 8.65. The molecule has 0 fully saturated rings. The molecule has 0 unspecified atom stereocenters. The zero-order valence-electron chi connectivity index (χ0n) is 14.2. The highest BCUT2D eigenvalue weighted by Gasteiger charge is 2.20. The lowest BCUT2D eigenvalue weighted by Gasteiger charge is -2.20. The summed E-state index contributed by atoms with van der Waals surface area (Å²) in [4.78, 5) is 23.8. The molecule has 2 rings (SSSR count). The second-order valence-corrected chi connectivity index (χ2v) is 5.68. The Morgan fingerprint density at radius 1 is 1.16 bits per heavy atom. The van der Waals surface area contributed by atoms with E-state index in [0.29, 0.717) is 11.3 Å². The standard InChI is InChI=1S/C20H20N2O3/c1-14(23)17-9-6-10-18(13-17)25-15(2)20(24)22-19(11-12-21)16-7-4-3-5-8-16/h3-10,13,15,19H,11H2,1-2H3,(H,22,24)/t15-,19+/m0/s1. The number of hydrogen-bond acceptors (Lipinski definition) is 4. The lowest BCUT2D eigenvalue weighted by Crippen LogP contribution is -2.38. The summed E-state index contributed by atoms with van der Waals surface area (Å²) in [5.41, 5.74) is 1.39. The van der Waals surface area contributed by atoms with Crippen LogP contribution in [0.5, 0.6) is 5.75 Å². The third-order valence-electron chi connectivity index (χ3n) is 3.74. The predicted molar refractivity (Wildman–Crippen MR) is 94.1 cm³/mol. The van der Waals surface area contributed by atoms with Gasteiger partial charge in [-0.15, -0.1) is 0 Å². The molecule has 0 heterocycles. The van der Waals surface area contributed by atoms with Crippen molar-refractivity contribution in [1.29, 1.82) is 5.26 Å². The van der Waals surface area contributed by atoms with Crippen LogP contribution in [-0.2, 0) is 4.79 Å². The molecule has 0 aliphatic carbocycles. The quantitative estimate of drug-likeness (QED) is 0.786. The minimum atomic E-state index is -0.757. The van der Waals surface area contributed by atoms with Gasteiger partial charge in [0.05, 0.1) is 18.5 Å². The Hall–Kier alpha value is -3.13. The summed E-state index contributed by atoms with van der Waals surface area (Å²) >= 11 is 0. The largest absolute Gasteiger partial charge is 0.481 e. The Kier molecular flexibility index (Phi) is 6.30. The van der Waals surface area contributed by atoms with Crippen LogP contribution in [0.1, 0.15) is 42.2 Å². The predicted octanol–water partition coefficient (Wildman–Crippen LogP) is 3.43. The molecule has 5 nitrogen and oxygen atoms in total. The number of carbonyl (C=O) groups excluding carboxylic acids is 2. The van der Waals surface area contributed by atoms with Crippen LogP contribution in [0.3, 0.4) is 0 Å². The first kappa shape index (κ1) is 18.2. The molecule has 0 spiro atoms. The zero-order chi connectivity index (χ0) is 18.2. The van der Waals surface area contributed by atoms with E-state index in [1.165, 1.54) is 6.92 Å². The lowest BCUT2D eigenvalue weighted by molar-refractivity contribution is -0.128. The van der Waals surface area contributed by atoms with E-state index in [1.54, 1.807) is 31.2 Å². The third-order valence-corrected chi connectivity index (χ3v) is 3.74. The van der Waals surface area contributed by atoms with Crippen molar-refractivity contribution >= 4 is 11.7 Å². The molecule has 1 N–H and O–H groups in total. The first-order chi connectivity index (χ1) is 12.0. The van der Waals surface area contributed by atoms with Gasteiger partial charge in [0, 0.05) is 5.56 Å². The Morgan fingerprint density at radius 3 is 2.52 bits per heavy atom. The van der Waals surface area contributed by atoms with Gasteiger partial charge < -0.3 is 10.1 Å². The molecule has 128 valence electrons. The highest BCUT2D eigenvalue weighted by atomic mass is 16.5. The minimum Gasteiger partial charge on any atom is -0.481 e. The van der Waals surface area contributed by atoms with Crippen LogP contribution in [0.25, 0.3) is 0 Å². The van der Waals surface area contributed by atoms with E-state index in [1.807, 2.05) is 30.3 Å². The Morgan fingerprint density at radius 2 is 1.88 bits per heavy atom. The molecule has 0 bridgehead atoms. The molecular weight excluding hydrogens is 316 g/mol. The first-order valence-corrected chi connectivity index (χ1v) is 8.01. The molecule has 1 amide bonds. The molecule has 2 aromatic rings. The fraction of sp³-hybridized carbons (Fsp3) is 0.250. The van der Waals surface area contributed by atoms with Gasteiger partial charge in [-0.25, -0.2) is 0 Å². The van der Waals surface area contributed by atoms with E-state index in [9.17, 15) is 9.59 Å². The molecule has 25 heavy (non-hydrogen) atoms. The molecule has 0 aliphatic heterocycles. The number of nitriles is 1. The number of nitrogens with one attached hydrogen (secondary N) is 1. The maximum absolute atomic E-state index is 12.4. The number of Topliss-reactive ketones (excluding diaryl/α,β-unsaturated/α-hetero) is 1. The smallest absolute Gasteiger partial charge is 0.261 e. The second-order valence-electron chi connectivity index (χ2n) is 5.68. The van der Waals surface area contributed by atoms with Crippen molar-refractivity contribution in [3.63, 3.8) is 0 Å². The minimum absolute atomic E-state index is 0.0688. The monoisotopic (exact) mass is 336 g/mol. The van der Waals surface area contributed by atoms with Gasteiger partial charge in [0.2, 0.25) is 0 Å². The number of benzene rings is 2. The average Bonchev–Trinajstić information content (AvgIpc) is 2.62. The Labute approximate surface area is 147 Å². The van der Waals surface area contributed by atoms with Crippen molar-refractivity contribution in [2.75, 3.05) is 0 Å². The summed E-state index contributed by atoms with van der Waals surface area (Å²) in [7, 11) is 0. The molecule has 0 aliphatic rings. The summed E-state index contributed by atoms with van der Waals surface area (Å²) in [6.45, 7) is 3.10. The van der Waals surface area contributed by atoms with E-state index < -0.39 is 12.1 Å². The van der Waals surface area contributed by atoms with Crippen LogP contribution < -0.4 is 10.1 Å². The molecule has 0 radical (unpaired) electrons. The first-order valence-electron chi connectivity index (χ1n) is 8.01. The Bertz CT molecular complexity index is 781. The van der Waals surface area contributed by atoms with Gasteiger partial charge in [-0.2, -0.15) is 5.26 Å². The van der Waals surface area contributed by atoms with Crippen molar-refractivity contribution < 1.29 is 14.3 Å². The summed E-state index contributed by atoms with van der Waals surface area (Å²) in [5, 5.41) is 11.8. The number of ketones is 1. The maximum atomic E-state index is 12.4. The van der Waals surface area contributed by atoms with Crippen molar-refractivity contribution in [2.45, 2.75) is 32.4 Å². The van der Waals surface area contributed by atoms with Crippen molar-refractivity contribution in [3.05, 3.63) is 65.7 Å². The number of rotatable bonds is 7. The number of nitrogens with zero attached hydrogens (tertiary/aromatic N) is 1. The number of hydrogen-bond donors (Lipinski definition) is 1. The summed E-state index contributed by atoms with van der Waals surface area (Å²) in [6.07, 6.45) is -0.588. The van der Waals surface area contributed by atoms with E-state index in [-0.39, 0.29) is 18.1 Å². The fourth-order valence-corrected chi connectivity index (χ4v) is 2.36. The summed E-state index contributed by atoms with van der Waals surface area (Å²) in [5.74, 6) is 0.0601. The van der Waals surface area contributed by atoms with Gasteiger partial charge in [-0.1, -0.05) is 42.5 Å².